The quantitative estimate of drug-likeness (QED) is 0.926. The highest BCUT2D eigenvalue weighted by Crippen LogP contribution is 2.39. The Labute approximate surface area is 129 Å². The maximum atomic E-state index is 13.2. The van der Waals surface area contributed by atoms with Crippen molar-refractivity contribution >= 4 is 27.3 Å². The Morgan fingerprint density at radius 1 is 1.05 bits per heavy atom. The summed E-state index contributed by atoms with van der Waals surface area (Å²) in [5.74, 6) is -1.69. The summed E-state index contributed by atoms with van der Waals surface area (Å²) < 4.78 is 62.9. The zero-order valence-corrected chi connectivity index (χ0v) is 12.3. The third-order valence-electron chi connectivity index (χ3n) is 2.91. The Bertz CT molecular complexity index is 857. The van der Waals surface area contributed by atoms with Gasteiger partial charge in [0.2, 0.25) is 6.79 Å². The van der Waals surface area contributed by atoms with Crippen LogP contribution in [-0.4, -0.2) is 15.2 Å². The Balaban J connectivity index is 1.96. The van der Waals surface area contributed by atoms with E-state index in [4.69, 9.17) is 21.1 Å². The molecule has 0 atom stereocenters. The van der Waals surface area contributed by atoms with Crippen LogP contribution in [0.5, 0.6) is 11.5 Å². The molecule has 0 aliphatic carbocycles. The molecule has 2 aromatic carbocycles. The second-order valence-electron chi connectivity index (χ2n) is 4.37. The second kappa shape index (κ2) is 5.29. The van der Waals surface area contributed by atoms with Crippen molar-refractivity contribution in [3.63, 3.8) is 0 Å². The van der Waals surface area contributed by atoms with Crippen LogP contribution in [0.3, 0.4) is 0 Å². The van der Waals surface area contributed by atoms with Crippen LogP contribution >= 0.6 is 11.6 Å². The highest BCUT2D eigenvalue weighted by Gasteiger charge is 2.21. The van der Waals surface area contributed by atoms with Gasteiger partial charge in [-0.25, -0.2) is 17.2 Å². The maximum Gasteiger partial charge on any atom is 0.262 e. The van der Waals surface area contributed by atoms with Crippen molar-refractivity contribution in [2.75, 3.05) is 11.5 Å². The third kappa shape index (κ3) is 2.67. The molecule has 0 bridgehead atoms. The van der Waals surface area contributed by atoms with Gasteiger partial charge in [-0.1, -0.05) is 11.6 Å². The zero-order valence-electron chi connectivity index (χ0n) is 10.8. The van der Waals surface area contributed by atoms with E-state index in [0.29, 0.717) is 17.6 Å². The molecule has 0 fully saturated rings. The lowest BCUT2D eigenvalue weighted by Gasteiger charge is -2.10. The number of ether oxygens (including phenoxy) is 2. The van der Waals surface area contributed by atoms with E-state index in [1.54, 1.807) is 0 Å². The normalized spacial score (nSPS) is 13.2. The van der Waals surface area contributed by atoms with Gasteiger partial charge in [0.15, 0.2) is 23.1 Å². The number of nitrogens with one attached hydrogen (secondary N) is 1. The number of hydrogen-bond donors (Lipinski definition) is 1. The van der Waals surface area contributed by atoms with E-state index in [0.717, 1.165) is 12.1 Å². The Morgan fingerprint density at radius 2 is 1.73 bits per heavy atom. The fraction of sp³-hybridized carbons (Fsp3) is 0.0769. The minimum absolute atomic E-state index is 0.00500. The molecule has 116 valence electrons. The molecule has 0 aromatic heterocycles. The van der Waals surface area contributed by atoms with Crippen molar-refractivity contribution in [1.82, 2.24) is 0 Å². The average Bonchev–Trinajstić information content (AvgIpc) is 2.89. The fourth-order valence-electron chi connectivity index (χ4n) is 1.84. The van der Waals surface area contributed by atoms with E-state index >= 15 is 0 Å². The first-order valence-electron chi connectivity index (χ1n) is 5.94. The Kier molecular flexibility index (Phi) is 3.57. The number of fused-ring (bicyclic) bond motifs is 1. The summed E-state index contributed by atoms with van der Waals surface area (Å²) in [7, 11) is -4.13. The SMILES string of the molecule is O=S(=O)(Nc1cc2c(cc1Cl)OCO2)c1ccc(F)c(F)c1. The van der Waals surface area contributed by atoms with Crippen LogP contribution in [-0.2, 0) is 10.0 Å². The van der Waals surface area contributed by atoms with Crippen molar-refractivity contribution in [2.45, 2.75) is 4.90 Å². The first kappa shape index (κ1) is 14.9. The minimum Gasteiger partial charge on any atom is -0.454 e. The van der Waals surface area contributed by atoms with Crippen LogP contribution in [0.1, 0.15) is 0 Å². The standard InChI is InChI=1S/C13H8ClF2NO4S/c14-8-4-12-13(21-6-20-12)5-11(8)17-22(18,19)7-1-2-9(15)10(16)3-7/h1-5,17H,6H2. The molecule has 0 radical (unpaired) electrons. The van der Waals surface area contributed by atoms with Crippen molar-refractivity contribution in [3.05, 3.63) is 47.0 Å². The van der Waals surface area contributed by atoms with Crippen LogP contribution in [0.15, 0.2) is 35.2 Å². The average molecular weight is 348 g/mol. The van der Waals surface area contributed by atoms with Gasteiger partial charge in [-0.3, -0.25) is 4.72 Å². The second-order valence-corrected chi connectivity index (χ2v) is 6.46. The Morgan fingerprint density at radius 3 is 2.41 bits per heavy atom. The first-order chi connectivity index (χ1) is 10.4. The molecule has 0 saturated carbocycles. The van der Waals surface area contributed by atoms with Crippen molar-refractivity contribution in [1.29, 1.82) is 0 Å². The molecule has 0 amide bonds. The molecule has 0 saturated heterocycles. The monoisotopic (exact) mass is 347 g/mol. The van der Waals surface area contributed by atoms with Crippen LogP contribution in [0.25, 0.3) is 0 Å². The van der Waals surface area contributed by atoms with Crippen molar-refractivity contribution in [3.8, 4) is 11.5 Å². The molecule has 1 heterocycles. The molecule has 2 aromatic rings. The molecular weight excluding hydrogens is 340 g/mol. The van der Waals surface area contributed by atoms with Crippen LogP contribution < -0.4 is 14.2 Å². The van der Waals surface area contributed by atoms with E-state index in [1.807, 2.05) is 0 Å². The van der Waals surface area contributed by atoms with Crippen molar-refractivity contribution in [2.24, 2.45) is 0 Å². The van der Waals surface area contributed by atoms with Crippen LogP contribution in [0.4, 0.5) is 14.5 Å². The molecule has 1 aliphatic heterocycles. The lowest BCUT2D eigenvalue weighted by atomic mass is 10.3. The topological polar surface area (TPSA) is 64.6 Å². The van der Waals surface area contributed by atoms with Gasteiger partial charge in [0.25, 0.3) is 10.0 Å². The first-order valence-corrected chi connectivity index (χ1v) is 7.80. The molecule has 3 rings (SSSR count). The predicted molar refractivity (Wildman–Crippen MR) is 74.7 cm³/mol. The van der Waals surface area contributed by atoms with E-state index in [1.165, 1.54) is 12.1 Å². The summed E-state index contributed by atoms with van der Waals surface area (Å²) in [6, 6.07) is 5.00. The predicted octanol–water partition coefficient (Wildman–Crippen LogP) is 3.15. The van der Waals surface area contributed by atoms with E-state index in [9.17, 15) is 17.2 Å². The van der Waals surface area contributed by atoms with Gasteiger partial charge in [-0.05, 0) is 18.2 Å². The van der Waals surface area contributed by atoms with Gasteiger partial charge in [-0.2, -0.15) is 0 Å². The van der Waals surface area contributed by atoms with Gasteiger partial charge in [0, 0.05) is 12.1 Å². The number of rotatable bonds is 3. The van der Waals surface area contributed by atoms with Crippen LogP contribution in [0.2, 0.25) is 5.02 Å². The zero-order chi connectivity index (χ0) is 15.9. The van der Waals surface area contributed by atoms with E-state index < -0.39 is 26.6 Å². The summed E-state index contributed by atoms with van der Waals surface area (Å²) in [6.45, 7) is 0.00500. The molecular formula is C13H8ClF2NO4S. The number of anilines is 1. The Hall–Kier alpha value is -2.06. The summed E-state index contributed by atoms with van der Waals surface area (Å²) in [5.41, 5.74) is 0.0376. The summed E-state index contributed by atoms with van der Waals surface area (Å²) in [5, 5.41) is 0.0791. The van der Waals surface area contributed by atoms with Crippen molar-refractivity contribution < 1.29 is 26.7 Å². The van der Waals surface area contributed by atoms with Gasteiger partial charge < -0.3 is 9.47 Å². The highest BCUT2D eigenvalue weighted by atomic mass is 35.5. The summed E-state index contributed by atoms with van der Waals surface area (Å²) in [6.07, 6.45) is 0. The lowest BCUT2D eigenvalue weighted by molar-refractivity contribution is 0.174. The van der Waals surface area contributed by atoms with Gasteiger partial charge in [0.05, 0.1) is 15.6 Å². The summed E-state index contributed by atoms with van der Waals surface area (Å²) in [4.78, 5) is -0.430. The largest absolute Gasteiger partial charge is 0.454 e. The van der Waals surface area contributed by atoms with Gasteiger partial charge in [-0.15, -0.1) is 0 Å². The molecule has 0 spiro atoms. The van der Waals surface area contributed by atoms with Gasteiger partial charge >= 0.3 is 0 Å². The number of halogens is 3. The molecule has 9 heteroatoms. The summed E-state index contributed by atoms with van der Waals surface area (Å²) >= 11 is 5.96. The molecule has 1 aliphatic rings. The third-order valence-corrected chi connectivity index (χ3v) is 4.58. The lowest BCUT2D eigenvalue weighted by Crippen LogP contribution is -2.13. The maximum absolute atomic E-state index is 13.2. The molecule has 0 unspecified atom stereocenters. The smallest absolute Gasteiger partial charge is 0.262 e. The number of benzene rings is 2. The number of sulfonamides is 1. The fourth-order valence-corrected chi connectivity index (χ4v) is 3.18. The minimum atomic E-state index is -4.13. The van der Waals surface area contributed by atoms with E-state index in [-0.39, 0.29) is 17.5 Å². The van der Waals surface area contributed by atoms with Crippen LogP contribution in [0, 0.1) is 11.6 Å². The molecule has 1 N–H and O–H groups in total. The molecule has 5 nitrogen and oxygen atoms in total. The molecule has 22 heavy (non-hydrogen) atoms. The van der Waals surface area contributed by atoms with Gasteiger partial charge in [0.1, 0.15) is 0 Å². The number of hydrogen-bond acceptors (Lipinski definition) is 4. The van der Waals surface area contributed by atoms with E-state index in [2.05, 4.69) is 4.72 Å². The highest BCUT2D eigenvalue weighted by molar-refractivity contribution is 7.92.